The first-order valence-electron chi connectivity index (χ1n) is 12.2. The molecule has 1 saturated carbocycles. The van der Waals surface area contributed by atoms with Gasteiger partial charge in [-0.15, -0.1) is 0 Å². The Balaban J connectivity index is 1.51. The van der Waals surface area contributed by atoms with E-state index in [9.17, 15) is 18.0 Å². The number of nitrogens with zero attached hydrogens (tertiary/aromatic N) is 3. The number of hydrogen-bond acceptors (Lipinski definition) is 8. The fourth-order valence-corrected chi connectivity index (χ4v) is 3.73. The van der Waals surface area contributed by atoms with Gasteiger partial charge >= 0.3 is 12.2 Å². The maximum Gasteiger partial charge on any atom is 0.422 e. The summed E-state index contributed by atoms with van der Waals surface area (Å²) in [6.07, 6.45) is -3.02. The van der Waals surface area contributed by atoms with E-state index >= 15 is 0 Å². The number of amides is 1. The van der Waals surface area contributed by atoms with Crippen LogP contribution in [0.15, 0.2) is 48.5 Å². The van der Waals surface area contributed by atoms with Gasteiger partial charge in [0.15, 0.2) is 6.61 Å². The van der Waals surface area contributed by atoms with Crippen LogP contribution >= 0.6 is 11.6 Å². The molecule has 1 aliphatic rings. The van der Waals surface area contributed by atoms with E-state index in [2.05, 4.69) is 30.9 Å². The molecular weight excluding hydrogens is 535 g/mol. The lowest BCUT2D eigenvalue weighted by Crippen LogP contribution is -2.38. The second kappa shape index (κ2) is 11.2. The molecule has 3 aromatic rings. The van der Waals surface area contributed by atoms with Crippen molar-refractivity contribution in [2.75, 3.05) is 30.3 Å². The number of ether oxygens (including phenoxy) is 1. The van der Waals surface area contributed by atoms with Crippen LogP contribution < -0.4 is 26.4 Å². The van der Waals surface area contributed by atoms with Gasteiger partial charge in [0.1, 0.15) is 0 Å². The van der Waals surface area contributed by atoms with E-state index in [1.807, 2.05) is 26.0 Å². The van der Waals surface area contributed by atoms with Gasteiger partial charge in [-0.3, -0.25) is 4.79 Å². The van der Waals surface area contributed by atoms with Crippen LogP contribution in [-0.2, 0) is 5.54 Å². The van der Waals surface area contributed by atoms with Crippen molar-refractivity contribution in [1.82, 2.24) is 20.3 Å². The summed E-state index contributed by atoms with van der Waals surface area (Å²) in [6.45, 7) is 3.19. The minimum atomic E-state index is -4.56. The largest absolute Gasteiger partial charge is 0.454 e. The highest BCUT2D eigenvalue weighted by Crippen LogP contribution is 2.48. The second-order valence-corrected chi connectivity index (χ2v) is 10.6. The van der Waals surface area contributed by atoms with E-state index in [0.717, 1.165) is 18.4 Å². The summed E-state index contributed by atoms with van der Waals surface area (Å²) in [6, 6.07) is 13.3. The maximum absolute atomic E-state index is 12.8. The van der Waals surface area contributed by atoms with Crippen molar-refractivity contribution in [3.05, 3.63) is 64.7 Å². The molecule has 1 aliphatic carbocycles. The fourth-order valence-electron chi connectivity index (χ4n) is 3.60. The van der Waals surface area contributed by atoms with E-state index in [-0.39, 0.29) is 23.2 Å². The predicted molar refractivity (Wildman–Crippen MR) is 142 cm³/mol. The molecule has 9 nitrogen and oxygen atoms in total. The Morgan fingerprint density at radius 2 is 1.67 bits per heavy atom. The number of carbonyl (C=O) groups is 1. The molecular formula is C26H29ClF3N7O2. The molecule has 0 spiro atoms. The van der Waals surface area contributed by atoms with Crippen LogP contribution in [0, 0.1) is 5.41 Å². The summed E-state index contributed by atoms with van der Waals surface area (Å²) >= 11 is 6.00. The summed E-state index contributed by atoms with van der Waals surface area (Å²) in [5.41, 5.74) is 6.88. The molecule has 208 valence electrons. The van der Waals surface area contributed by atoms with Crippen molar-refractivity contribution >= 4 is 35.1 Å². The first-order valence-corrected chi connectivity index (χ1v) is 12.6. The molecule has 1 heterocycles. The number of rotatable bonds is 11. The average Bonchev–Trinajstić information content (AvgIpc) is 3.67. The Bertz CT molecular complexity index is 1300. The zero-order valence-corrected chi connectivity index (χ0v) is 22.2. The van der Waals surface area contributed by atoms with Crippen LogP contribution in [0.2, 0.25) is 5.02 Å². The predicted octanol–water partition coefficient (Wildman–Crippen LogP) is 5.03. The minimum Gasteiger partial charge on any atom is -0.454 e. The normalized spacial score (nSPS) is 14.4. The van der Waals surface area contributed by atoms with E-state index in [1.165, 1.54) is 0 Å². The maximum atomic E-state index is 12.8. The molecule has 5 N–H and O–H groups in total. The highest BCUT2D eigenvalue weighted by atomic mass is 35.5. The molecule has 0 aliphatic heterocycles. The van der Waals surface area contributed by atoms with Gasteiger partial charge in [-0.1, -0.05) is 37.6 Å². The smallest absolute Gasteiger partial charge is 0.422 e. The number of halogens is 4. The molecule has 1 fully saturated rings. The Morgan fingerprint density at radius 1 is 1.03 bits per heavy atom. The highest BCUT2D eigenvalue weighted by molar-refractivity contribution is 6.30. The number of benzene rings is 2. The first kappa shape index (κ1) is 28.4. The quantitative estimate of drug-likeness (QED) is 0.256. The van der Waals surface area contributed by atoms with E-state index < -0.39 is 24.3 Å². The lowest BCUT2D eigenvalue weighted by molar-refractivity contribution is -0.154. The molecule has 0 unspecified atom stereocenters. The highest BCUT2D eigenvalue weighted by Gasteiger charge is 2.45. The number of aromatic nitrogens is 3. The van der Waals surface area contributed by atoms with Crippen molar-refractivity contribution < 1.29 is 22.7 Å². The van der Waals surface area contributed by atoms with Crippen LogP contribution in [-0.4, -0.2) is 46.7 Å². The van der Waals surface area contributed by atoms with Gasteiger partial charge in [0.05, 0.1) is 5.54 Å². The number of alkyl halides is 3. The van der Waals surface area contributed by atoms with E-state index in [4.69, 9.17) is 22.1 Å². The number of carbonyl (C=O) groups excluding carboxylic acids is 1. The second-order valence-electron chi connectivity index (χ2n) is 10.1. The molecule has 0 saturated heterocycles. The van der Waals surface area contributed by atoms with Crippen LogP contribution in [0.4, 0.5) is 30.8 Å². The Morgan fingerprint density at radius 3 is 2.26 bits per heavy atom. The summed E-state index contributed by atoms with van der Waals surface area (Å²) in [4.78, 5) is 24.8. The Hall–Kier alpha value is -3.64. The fraction of sp³-hybridized carbons (Fsp3) is 0.385. The zero-order chi connectivity index (χ0) is 28.3. The molecule has 1 amide bonds. The number of nitrogens with one attached hydrogen (secondary N) is 3. The molecule has 0 bridgehead atoms. The zero-order valence-electron chi connectivity index (χ0n) is 21.4. The summed E-state index contributed by atoms with van der Waals surface area (Å²) < 4.78 is 43.2. The van der Waals surface area contributed by atoms with Crippen molar-refractivity contribution in [3.63, 3.8) is 0 Å². The van der Waals surface area contributed by atoms with Gasteiger partial charge in [-0.25, -0.2) is 0 Å². The van der Waals surface area contributed by atoms with E-state index in [0.29, 0.717) is 29.4 Å². The summed E-state index contributed by atoms with van der Waals surface area (Å²) in [7, 11) is 0. The van der Waals surface area contributed by atoms with Crippen LogP contribution in [0.1, 0.15) is 42.6 Å². The molecule has 39 heavy (non-hydrogen) atoms. The summed E-state index contributed by atoms with van der Waals surface area (Å²) in [5, 5.41) is 9.59. The van der Waals surface area contributed by atoms with Gasteiger partial charge in [0.25, 0.3) is 5.91 Å². The Labute approximate surface area is 228 Å². The number of nitrogens with two attached hydrogens (primary N) is 1. The SMILES string of the molecule is CC(C)(CN)CNC(=O)c1ccc(Nc2nc(NC3(c4ccc(Cl)cc4)CC3)nc(OCC(F)(F)F)n2)cc1. The number of anilines is 3. The van der Waals surface area contributed by atoms with Gasteiger partial charge in [-0.05, 0) is 66.8 Å². The monoisotopic (exact) mass is 563 g/mol. The molecule has 4 rings (SSSR count). The summed E-state index contributed by atoms with van der Waals surface area (Å²) in [5.74, 6) is -0.233. The van der Waals surface area contributed by atoms with Gasteiger partial charge in [0, 0.05) is 22.8 Å². The molecule has 0 atom stereocenters. The van der Waals surface area contributed by atoms with Crippen molar-refractivity contribution in [1.29, 1.82) is 0 Å². The van der Waals surface area contributed by atoms with Crippen LogP contribution in [0.25, 0.3) is 0 Å². The third-order valence-electron chi connectivity index (χ3n) is 6.16. The lowest BCUT2D eigenvalue weighted by atomic mass is 9.94. The van der Waals surface area contributed by atoms with Crippen molar-refractivity contribution in [3.8, 4) is 6.01 Å². The van der Waals surface area contributed by atoms with Gasteiger partial charge in [-0.2, -0.15) is 28.1 Å². The lowest BCUT2D eigenvalue weighted by Gasteiger charge is -2.22. The van der Waals surface area contributed by atoms with Crippen LogP contribution in [0.5, 0.6) is 6.01 Å². The Kier molecular flexibility index (Phi) is 8.17. The molecule has 13 heteroatoms. The molecule has 1 aromatic heterocycles. The first-order chi connectivity index (χ1) is 18.4. The molecule has 0 radical (unpaired) electrons. The van der Waals surface area contributed by atoms with E-state index in [1.54, 1.807) is 36.4 Å². The average molecular weight is 564 g/mol. The third kappa shape index (κ3) is 7.93. The standard InChI is InChI=1S/C26H29ClF3N7O2/c1-24(2,13-31)14-32-20(38)16-3-9-19(10-4-16)33-21-34-22(36-23(35-21)39-15-26(28,29)30)37-25(11-12-25)17-5-7-18(27)8-6-17/h3-10H,11-15,31H2,1-2H3,(H,32,38)(H2,33,34,35,36,37). The van der Waals surface area contributed by atoms with Crippen molar-refractivity contribution in [2.45, 2.75) is 38.4 Å². The van der Waals surface area contributed by atoms with Crippen molar-refractivity contribution in [2.24, 2.45) is 11.1 Å². The minimum absolute atomic E-state index is 0.0292. The third-order valence-corrected chi connectivity index (χ3v) is 6.41. The van der Waals surface area contributed by atoms with Gasteiger partial charge < -0.3 is 26.4 Å². The molecule has 2 aromatic carbocycles. The van der Waals surface area contributed by atoms with Gasteiger partial charge in [0.2, 0.25) is 11.9 Å². The van der Waals surface area contributed by atoms with Crippen LogP contribution in [0.3, 0.4) is 0 Å². The number of hydrogen-bond donors (Lipinski definition) is 4. The topological polar surface area (TPSA) is 127 Å².